The standard InChI is InChI=1S/C22H20O4/c1-5-15-17(8-9-19(23-3)22(15)24-4)16-7-6-14-10-20-21(26-12-25-20)11-18(14)13(16)2/h5-11H,1,12H2,2-4H3. The summed E-state index contributed by atoms with van der Waals surface area (Å²) in [6.45, 7) is 6.35. The maximum absolute atomic E-state index is 5.58. The van der Waals surface area contributed by atoms with E-state index in [0.29, 0.717) is 11.5 Å². The van der Waals surface area contributed by atoms with Crippen LogP contribution < -0.4 is 18.9 Å². The van der Waals surface area contributed by atoms with Crippen LogP contribution in [0.15, 0.2) is 43.0 Å². The minimum Gasteiger partial charge on any atom is -0.493 e. The number of hydrogen-bond donors (Lipinski definition) is 0. The van der Waals surface area contributed by atoms with Crippen LogP contribution in [0.2, 0.25) is 0 Å². The number of rotatable bonds is 4. The summed E-state index contributed by atoms with van der Waals surface area (Å²) < 4.78 is 22.0. The van der Waals surface area contributed by atoms with E-state index in [9.17, 15) is 0 Å². The Labute approximate surface area is 152 Å². The highest BCUT2D eigenvalue weighted by atomic mass is 16.7. The van der Waals surface area contributed by atoms with E-state index in [4.69, 9.17) is 18.9 Å². The number of ether oxygens (including phenoxy) is 4. The summed E-state index contributed by atoms with van der Waals surface area (Å²) in [5, 5.41) is 2.26. The Morgan fingerprint density at radius 2 is 1.69 bits per heavy atom. The van der Waals surface area contributed by atoms with Gasteiger partial charge in [-0.05, 0) is 58.7 Å². The lowest BCUT2D eigenvalue weighted by Gasteiger charge is -2.17. The number of hydrogen-bond acceptors (Lipinski definition) is 4. The van der Waals surface area contributed by atoms with E-state index < -0.39 is 0 Å². The van der Waals surface area contributed by atoms with Crippen LogP contribution in [0.1, 0.15) is 11.1 Å². The summed E-state index contributed by atoms with van der Waals surface area (Å²) >= 11 is 0. The molecule has 0 spiro atoms. The third kappa shape index (κ3) is 2.37. The number of methoxy groups -OCH3 is 2. The fraction of sp³-hybridized carbons (Fsp3) is 0.182. The van der Waals surface area contributed by atoms with Crippen LogP contribution in [0.3, 0.4) is 0 Å². The lowest BCUT2D eigenvalue weighted by molar-refractivity contribution is 0.174. The van der Waals surface area contributed by atoms with E-state index in [0.717, 1.165) is 44.5 Å². The Kier molecular flexibility index (Phi) is 3.96. The van der Waals surface area contributed by atoms with Gasteiger partial charge in [-0.25, -0.2) is 0 Å². The summed E-state index contributed by atoms with van der Waals surface area (Å²) in [4.78, 5) is 0. The molecule has 132 valence electrons. The monoisotopic (exact) mass is 348 g/mol. The second kappa shape index (κ2) is 6.30. The Balaban J connectivity index is 1.96. The van der Waals surface area contributed by atoms with Crippen LogP contribution in [-0.4, -0.2) is 21.0 Å². The first kappa shape index (κ1) is 16.3. The molecule has 4 rings (SSSR count). The van der Waals surface area contributed by atoms with Crippen molar-refractivity contribution in [2.45, 2.75) is 6.92 Å². The molecular weight excluding hydrogens is 328 g/mol. The molecule has 0 amide bonds. The van der Waals surface area contributed by atoms with E-state index >= 15 is 0 Å². The molecule has 0 aliphatic carbocycles. The minimum atomic E-state index is 0.272. The zero-order valence-corrected chi connectivity index (χ0v) is 15.1. The Hall–Kier alpha value is -3.14. The largest absolute Gasteiger partial charge is 0.493 e. The van der Waals surface area contributed by atoms with Gasteiger partial charge in [0.05, 0.1) is 14.2 Å². The van der Waals surface area contributed by atoms with Gasteiger partial charge in [0, 0.05) is 5.56 Å². The van der Waals surface area contributed by atoms with Crippen molar-refractivity contribution in [3.8, 4) is 34.1 Å². The molecule has 26 heavy (non-hydrogen) atoms. The van der Waals surface area contributed by atoms with E-state index in [1.807, 2.05) is 24.3 Å². The average Bonchev–Trinajstić information content (AvgIpc) is 3.13. The molecule has 0 atom stereocenters. The van der Waals surface area contributed by atoms with Crippen molar-refractivity contribution in [2.75, 3.05) is 21.0 Å². The van der Waals surface area contributed by atoms with Crippen LogP contribution >= 0.6 is 0 Å². The van der Waals surface area contributed by atoms with Crippen LogP contribution in [0.4, 0.5) is 0 Å². The van der Waals surface area contributed by atoms with Crippen molar-refractivity contribution in [2.24, 2.45) is 0 Å². The summed E-state index contributed by atoms with van der Waals surface area (Å²) in [7, 11) is 3.27. The molecule has 0 N–H and O–H groups in total. The summed E-state index contributed by atoms with van der Waals surface area (Å²) in [6.07, 6.45) is 1.81. The van der Waals surface area contributed by atoms with Gasteiger partial charge in [0.1, 0.15) is 0 Å². The van der Waals surface area contributed by atoms with Gasteiger partial charge in [-0.2, -0.15) is 0 Å². The van der Waals surface area contributed by atoms with E-state index in [1.165, 1.54) is 0 Å². The SMILES string of the molecule is C=Cc1c(-c2ccc3cc4c(cc3c2C)OCO4)ccc(OC)c1OC. The van der Waals surface area contributed by atoms with Crippen molar-refractivity contribution >= 4 is 16.8 Å². The van der Waals surface area contributed by atoms with E-state index in [-0.39, 0.29) is 6.79 Å². The zero-order valence-electron chi connectivity index (χ0n) is 15.1. The van der Waals surface area contributed by atoms with Crippen molar-refractivity contribution in [3.63, 3.8) is 0 Å². The Morgan fingerprint density at radius 1 is 0.962 bits per heavy atom. The maximum atomic E-state index is 5.58. The van der Waals surface area contributed by atoms with Gasteiger partial charge in [0.15, 0.2) is 23.0 Å². The summed E-state index contributed by atoms with van der Waals surface area (Å²) in [6, 6.07) is 12.3. The Bertz CT molecular complexity index is 1020. The highest BCUT2D eigenvalue weighted by Crippen LogP contribution is 2.43. The van der Waals surface area contributed by atoms with E-state index in [1.54, 1.807) is 20.3 Å². The van der Waals surface area contributed by atoms with Gasteiger partial charge >= 0.3 is 0 Å². The molecule has 1 aliphatic rings. The van der Waals surface area contributed by atoms with Crippen molar-refractivity contribution in [3.05, 3.63) is 54.1 Å². The number of fused-ring (bicyclic) bond motifs is 2. The number of benzene rings is 3. The second-order valence-electron chi connectivity index (χ2n) is 6.13. The summed E-state index contributed by atoms with van der Waals surface area (Å²) in [5.74, 6) is 2.95. The molecular formula is C22H20O4. The first-order valence-electron chi connectivity index (χ1n) is 8.38. The fourth-order valence-corrected chi connectivity index (χ4v) is 3.54. The predicted molar refractivity (Wildman–Crippen MR) is 103 cm³/mol. The van der Waals surface area contributed by atoms with Crippen molar-refractivity contribution < 1.29 is 18.9 Å². The molecule has 0 saturated heterocycles. The van der Waals surface area contributed by atoms with Crippen molar-refractivity contribution in [1.82, 2.24) is 0 Å². The van der Waals surface area contributed by atoms with Crippen LogP contribution in [0.25, 0.3) is 28.0 Å². The third-order valence-corrected chi connectivity index (χ3v) is 4.86. The molecule has 0 unspecified atom stereocenters. The van der Waals surface area contributed by atoms with Crippen LogP contribution in [0.5, 0.6) is 23.0 Å². The summed E-state index contributed by atoms with van der Waals surface area (Å²) in [5.41, 5.74) is 4.24. The first-order chi connectivity index (χ1) is 12.7. The van der Waals surface area contributed by atoms with Gasteiger partial charge in [0.25, 0.3) is 0 Å². The molecule has 0 aromatic heterocycles. The lowest BCUT2D eigenvalue weighted by atomic mass is 9.91. The van der Waals surface area contributed by atoms with Crippen LogP contribution in [-0.2, 0) is 0 Å². The molecule has 3 aromatic carbocycles. The fourth-order valence-electron chi connectivity index (χ4n) is 3.54. The van der Waals surface area contributed by atoms with Crippen LogP contribution in [0, 0.1) is 6.92 Å². The first-order valence-corrected chi connectivity index (χ1v) is 8.38. The third-order valence-electron chi connectivity index (χ3n) is 4.86. The normalized spacial score (nSPS) is 12.3. The maximum Gasteiger partial charge on any atom is 0.231 e. The number of aryl methyl sites for hydroxylation is 1. The molecule has 0 fully saturated rings. The van der Waals surface area contributed by atoms with Crippen molar-refractivity contribution in [1.29, 1.82) is 0 Å². The zero-order chi connectivity index (χ0) is 18.3. The molecule has 1 aliphatic heterocycles. The molecule has 3 aromatic rings. The molecule has 0 saturated carbocycles. The second-order valence-corrected chi connectivity index (χ2v) is 6.13. The quantitative estimate of drug-likeness (QED) is 0.649. The molecule has 1 heterocycles. The highest BCUT2D eigenvalue weighted by Gasteiger charge is 2.19. The molecule has 0 radical (unpaired) electrons. The van der Waals surface area contributed by atoms with Gasteiger partial charge < -0.3 is 18.9 Å². The molecule has 4 heteroatoms. The smallest absolute Gasteiger partial charge is 0.231 e. The molecule has 0 bridgehead atoms. The lowest BCUT2D eigenvalue weighted by Crippen LogP contribution is -1.96. The average molecular weight is 348 g/mol. The van der Waals surface area contributed by atoms with Gasteiger partial charge in [0.2, 0.25) is 6.79 Å². The van der Waals surface area contributed by atoms with Gasteiger partial charge in [-0.15, -0.1) is 0 Å². The van der Waals surface area contributed by atoms with Gasteiger partial charge in [-0.3, -0.25) is 0 Å². The van der Waals surface area contributed by atoms with Gasteiger partial charge in [-0.1, -0.05) is 24.8 Å². The van der Waals surface area contributed by atoms with E-state index in [2.05, 4.69) is 25.6 Å². The highest BCUT2D eigenvalue weighted by molar-refractivity contribution is 5.95. The Morgan fingerprint density at radius 3 is 2.38 bits per heavy atom. The topological polar surface area (TPSA) is 36.9 Å². The predicted octanol–water partition coefficient (Wildman–Crippen LogP) is 5.20. The molecule has 4 nitrogen and oxygen atoms in total. The minimum absolute atomic E-state index is 0.272.